The molecule has 0 aliphatic rings. The minimum Gasteiger partial charge on any atom is -0.492 e. The first-order valence-electron chi connectivity index (χ1n) is 11.3. The lowest BCUT2D eigenvalue weighted by Gasteiger charge is -2.09. The van der Waals surface area contributed by atoms with E-state index < -0.39 is 0 Å². The van der Waals surface area contributed by atoms with E-state index in [1.807, 2.05) is 30.3 Å². The number of thiophene rings is 1. The number of fused-ring (bicyclic) bond motifs is 1. The number of nitrogens with zero attached hydrogens (tertiary/aromatic N) is 1. The number of nitrogens with one attached hydrogen (secondary N) is 2. The van der Waals surface area contributed by atoms with Gasteiger partial charge in [-0.05, 0) is 55.3 Å². The molecule has 0 saturated heterocycles. The summed E-state index contributed by atoms with van der Waals surface area (Å²) in [6, 6.07) is 19.8. The number of halogens is 3. The van der Waals surface area contributed by atoms with Gasteiger partial charge in [0.1, 0.15) is 10.6 Å². The van der Waals surface area contributed by atoms with Crippen LogP contribution in [-0.2, 0) is 4.79 Å². The van der Waals surface area contributed by atoms with Crippen molar-refractivity contribution < 1.29 is 14.3 Å². The minimum absolute atomic E-state index is 0.148. The van der Waals surface area contributed by atoms with Gasteiger partial charge in [0.25, 0.3) is 5.91 Å². The van der Waals surface area contributed by atoms with Crippen LogP contribution in [0.25, 0.3) is 10.1 Å². The van der Waals surface area contributed by atoms with Crippen molar-refractivity contribution >= 4 is 79.4 Å². The molecule has 0 radical (unpaired) electrons. The van der Waals surface area contributed by atoms with Gasteiger partial charge in [0, 0.05) is 27.2 Å². The number of carbonyl (C=O) groups is 2. The topological polar surface area (TPSA) is 79.8 Å². The number of rotatable bonds is 9. The SMILES string of the molecule is CC(=NNC(=O)c1sc2ccccc2c1Cl)c1cccc(NC(=O)CCCOc2ccc(Cl)cc2Cl)c1. The van der Waals surface area contributed by atoms with Crippen LogP contribution in [0.2, 0.25) is 15.1 Å². The molecule has 4 rings (SSSR count). The monoisotopic (exact) mass is 573 g/mol. The van der Waals surface area contributed by atoms with Crippen LogP contribution < -0.4 is 15.5 Å². The number of amides is 2. The summed E-state index contributed by atoms with van der Waals surface area (Å²) in [5.41, 5.74) is 4.52. The molecule has 37 heavy (non-hydrogen) atoms. The molecular formula is C27H22Cl3N3O3S. The zero-order valence-electron chi connectivity index (χ0n) is 19.7. The number of anilines is 1. The fourth-order valence-corrected chi connectivity index (χ4v) is 5.33. The van der Waals surface area contributed by atoms with E-state index in [-0.39, 0.29) is 18.2 Å². The molecule has 0 aliphatic carbocycles. The Labute approximate surface area is 233 Å². The zero-order valence-corrected chi connectivity index (χ0v) is 22.8. The highest BCUT2D eigenvalue weighted by Gasteiger charge is 2.16. The lowest BCUT2D eigenvalue weighted by molar-refractivity contribution is -0.116. The molecule has 0 unspecified atom stereocenters. The molecule has 0 fully saturated rings. The molecule has 1 aromatic heterocycles. The molecule has 2 amide bonds. The van der Waals surface area contributed by atoms with Crippen LogP contribution in [0.1, 0.15) is 35.0 Å². The Morgan fingerprint density at radius 2 is 1.81 bits per heavy atom. The summed E-state index contributed by atoms with van der Waals surface area (Å²) in [5, 5.41) is 9.30. The molecule has 10 heteroatoms. The van der Waals surface area contributed by atoms with E-state index in [1.165, 1.54) is 11.3 Å². The summed E-state index contributed by atoms with van der Waals surface area (Å²) in [7, 11) is 0. The van der Waals surface area contributed by atoms with Crippen molar-refractivity contribution in [3.05, 3.63) is 92.2 Å². The maximum absolute atomic E-state index is 12.7. The van der Waals surface area contributed by atoms with Crippen LogP contribution in [0.3, 0.4) is 0 Å². The number of hydrogen-bond acceptors (Lipinski definition) is 5. The Bertz CT molecular complexity index is 1490. The van der Waals surface area contributed by atoms with Gasteiger partial charge in [-0.25, -0.2) is 5.43 Å². The van der Waals surface area contributed by atoms with Crippen LogP contribution >= 0.6 is 46.1 Å². The van der Waals surface area contributed by atoms with E-state index in [0.29, 0.717) is 50.1 Å². The van der Waals surface area contributed by atoms with E-state index in [0.717, 1.165) is 15.6 Å². The molecular weight excluding hydrogens is 553 g/mol. The van der Waals surface area contributed by atoms with Crippen molar-refractivity contribution in [3.8, 4) is 5.75 Å². The summed E-state index contributed by atoms with van der Waals surface area (Å²) >= 11 is 19.7. The standard InChI is InChI=1S/C27H22Cl3N3O3S/c1-16(32-33-27(35)26-25(30)20-8-2-3-9-23(20)37-26)17-6-4-7-19(14-17)31-24(34)10-5-13-36-22-12-11-18(28)15-21(22)29/h2-4,6-9,11-12,14-15H,5,10,13H2,1H3,(H,31,34)(H,33,35). The molecule has 4 aromatic rings. The van der Waals surface area contributed by atoms with Gasteiger partial charge in [0.2, 0.25) is 5.91 Å². The van der Waals surface area contributed by atoms with Crippen LogP contribution in [-0.4, -0.2) is 24.1 Å². The van der Waals surface area contributed by atoms with Crippen molar-refractivity contribution in [2.75, 3.05) is 11.9 Å². The van der Waals surface area contributed by atoms with E-state index in [2.05, 4.69) is 15.8 Å². The van der Waals surface area contributed by atoms with Gasteiger partial charge in [0.15, 0.2) is 0 Å². The highest BCUT2D eigenvalue weighted by Crippen LogP contribution is 2.35. The summed E-state index contributed by atoms with van der Waals surface area (Å²) in [5.74, 6) is -0.00183. The fourth-order valence-electron chi connectivity index (χ4n) is 3.46. The highest BCUT2D eigenvalue weighted by atomic mass is 35.5. The van der Waals surface area contributed by atoms with Crippen molar-refractivity contribution in [2.24, 2.45) is 5.10 Å². The van der Waals surface area contributed by atoms with Gasteiger partial charge in [-0.3, -0.25) is 9.59 Å². The first-order chi connectivity index (χ1) is 17.8. The third kappa shape index (κ3) is 7.02. The van der Waals surface area contributed by atoms with E-state index in [9.17, 15) is 9.59 Å². The number of benzene rings is 3. The van der Waals surface area contributed by atoms with Gasteiger partial charge in [-0.15, -0.1) is 11.3 Å². The Morgan fingerprint density at radius 1 is 1.00 bits per heavy atom. The van der Waals surface area contributed by atoms with Crippen molar-refractivity contribution in [1.82, 2.24) is 5.43 Å². The Kier molecular flexibility index (Phi) is 9.05. The predicted octanol–water partition coefficient (Wildman–Crippen LogP) is 7.81. The molecule has 3 aromatic carbocycles. The smallest absolute Gasteiger partial charge is 0.283 e. The second-order valence-corrected chi connectivity index (χ2v) is 10.3. The third-order valence-electron chi connectivity index (χ3n) is 5.33. The third-order valence-corrected chi connectivity index (χ3v) is 7.53. The fraction of sp³-hybridized carbons (Fsp3) is 0.148. The van der Waals surface area contributed by atoms with Crippen LogP contribution in [0.4, 0.5) is 5.69 Å². The second kappa shape index (κ2) is 12.4. The van der Waals surface area contributed by atoms with Gasteiger partial charge in [-0.1, -0.05) is 65.1 Å². The van der Waals surface area contributed by atoms with Gasteiger partial charge < -0.3 is 10.1 Å². The Morgan fingerprint density at radius 3 is 2.59 bits per heavy atom. The lowest BCUT2D eigenvalue weighted by Crippen LogP contribution is -2.18. The van der Waals surface area contributed by atoms with Gasteiger partial charge >= 0.3 is 0 Å². The normalized spacial score (nSPS) is 11.4. The second-order valence-electron chi connectivity index (χ2n) is 8.04. The van der Waals surface area contributed by atoms with Crippen LogP contribution in [0.5, 0.6) is 5.75 Å². The van der Waals surface area contributed by atoms with Crippen molar-refractivity contribution in [2.45, 2.75) is 19.8 Å². The van der Waals surface area contributed by atoms with Gasteiger partial charge in [0.05, 0.1) is 22.4 Å². The number of hydrazone groups is 1. The number of ether oxygens (including phenoxy) is 1. The molecule has 2 N–H and O–H groups in total. The molecule has 190 valence electrons. The first kappa shape index (κ1) is 26.9. The summed E-state index contributed by atoms with van der Waals surface area (Å²) in [6.45, 7) is 2.11. The molecule has 0 atom stereocenters. The average molecular weight is 575 g/mol. The van der Waals surface area contributed by atoms with Crippen molar-refractivity contribution in [3.63, 3.8) is 0 Å². The molecule has 0 spiro atoms. The molecule has 0 saturated carbocycles. The lowest BCUT2D eigenvalue weighted by atomic mass is 10.1. The van der Waals surface area contributed by atoms with Crippen LogP contribution in [0.15, 0.2) is 71.8 Å². The average Bonchev–Trinajstić information content (AvgIpc) is 3.22. The maximum atomic E-state index is 12.7. The predicted molar refractivity (Wildman–Crippen MR) is 153 cm³/mol. The molecule has 1 heterocycles. The number of carbonyl (C=O) groups excluding carboxylic acids is 2. The summed E-state index contributed by atoms with van der Waals surface area (Å²) in [4.78, 5) is 25.5. The van der Waals surface area contributed by atoms with E-state index >= 15 is 0 Å². The molecule has 0 aliphatic heterocycles. The Hall–Kier alpha value is -3.10. The quantitative estimate of drug-likeness (QED) is 0.122. The van der Waals surface area contributed by atoms with E-state index in [4.69, 9.17) is 39.5 Å². The van der Waals surface area contributed by atoms with Crippen LogP contribution in [0, 0.1) is 0 Å². The largest absolute Gasteiger partial charge is 0.492 e. The summed E-state index contributed by atoms with van der Waals surface area (Å²) < 4.78 is 6.55. The highest BCUT2D eigenvalue weighted by molar-refractivity contribution is 7.21. The van der Waals surface area contributed by atoms with Crippen molar-refractivity contribution in [1.29, 1.82) is 0 Å². The zero-order chi connectivity index (χ0) is 26.4. The molecule has 0 bridgehead atoms. The van der Waals surface area contributed by atoms with E-state index in [1.54, 1.807) is 43.3 Å². The maximum Gasteiger partial charge on any atom is 0.283 e. The summed E-state index contributed by atoms with van der Waals surface area (Å²) in [6.07, 6.45) is 0.784. The first-order valence-corrected chi connectivity index (χ1v) is 13.3. The molecule has 6 nitrogen and oxygen atoms in total. The van der Waals surface area contributed by atoms with Gasteiger partial charge in [-0.2, -0.15) is 5.10 Å². The number of hydrogen-bond donors (Lipinski definition) is 2. The Balaban J connectivity index is 1.30. The minimum atomic E-state index is -0.378.